The van der Waals surface area contributed by atoms with Gasteiger partial charge < -0.3 is 24.6 Å². The second kappa shape index (κ2) is 10.9. The number of ether oxygens (including phenoxy) is 1. The zero-order valence-corrected chi connectivity index (χ0v) is 19.7. The number of likely N-dealkylation sites (tertiary alicyclic amines) is 1. The quantitative estimate of drug-likeness (QED) is 0.373. The van der Waals surface area contributed by atoms with Gasteiger partial charge in [-0.2, -0.15) is 0 Å². The van der Waals surface area contributed by atoms with E-state index in [9.17, 15) is 9.50 Å². The van der Waals surface area contributed by atoms with Gasteiger partial charge in [0.1, 0.15) is 24.3 Å². The van der Waals surface area contributed by atoms with E-state index in [4.69, 9.17) is 9.72 Å². The van der Waals surface area contributed by atoms with Crippen molar-refractivity contribution in [2.24, 2.45) is 0 Å². The molecule has 0 spiro atoms. The maximum atomic E-state index is 13.4. The highest BCUT2D eigenvalue weighted by atomic mass is 19.1. The molecule has 1 aromatic heterocycles. The number of aliphatic hydroxyl groups is 1. The number of para-hydroxylation sites is 3. The Morgan fingerprint density at radius 1 is 0.971 bits per heavy atom. The van der Waals surface area contributed by atoms with Gasteiger partial charge in [0.2, 0.25) is 5.95 Å². The largest absolute Gasteiger partial charge is 0.491 e. The number of benzene rings is 3. The standard InChI is InChI=1S/C28H31FN4O2/c29-22-12-10-21(11-13-22)18-33-27-9-5-4-8-26(27)31-28(33)30-23-14-16-32(17-15-23)19-24(34)20-35-25-6-2-1-3-7-25/h1-13,23-24,34H,14-20H2,(H,30,31). The lowest BCUT2D eigenvalue weighted by molar-refractivity contribution is 0.0604. The molecular weight excluding hydrogens is 443 g/mol. The van der Waals surface area contributed by atoms with E-state index in [2.05, 4.69) is 20.9 Å². The first-order valence-corrected chi connectivity index (χ1v) is 12.2. The van der Waals surface area contributed by atoms with E-state index in [-0.39, 0.29) is 12.4 Å². The third kappa shape index (κ3) is 5.99. The number of piperidine rings is 1. The van der Waals surface area contributed by atoms with Crippen LogP contribution in [-0.2, 0) is 6.54 Å². The van der Waals surface area contributed by atoms with E-state index < -0.39 is 6.10 Å². The van der Waals surface area contributed by atoms with Gasteiger partial charge >= 0.3 is 0 Å². The number of nitrogens with zero attached hydrogens (tertiary/aromatic N) is 3. The fraction of sp³-hybridized carbons (Fsp3) is 0.321. The van der Waals surface area contributed by atoms with Crippen molar-refractivity contribution in [3.8, 4) is 5.75 Å². The first kappa shape index (κ1) is 23.3. The predicted molar refractivity (Wildman–Crippen MR) is 136 cm³/mol. The second-order valence-corrected chi connectivity index (χ2v) is 9.13. The van der Waals surface area contributed by atoms with Gasteiger partial charge in [-0.25, -0.2) is 9.37 Å². The molecule has 6 nitrogen and oxygen atoms in total. The number of hydrogen-bond acceptors (Lipinski definition) is 5. The number of aromatic nitrogens is 2. The van der Waals surface area contributed by atoms with E-state index in [0.717, 1.165) is 54.2 Å². The monoisotopic (exact) mass is 474 g/mol. The molecular formula is C28H31FN4O2. The van der Waals surface area contributed by atoms with Crippen molar-refractivity contribution >= 4 is 17.0 Å². The van der Waals surface area contributed by atoms with Gasteiger partial charge in [-0.05, 0) is 54.8 Å². The van der Waals surface area contributed by atoms with Crippen molar-refractivity contribution < 1.29 is 14.2 Å². The van der Waals surface area contributed by atoms with Crippen molar-refractivity contribution in [1.29, 1.82) is 0 Å². The first-order valence-electron chi connectivity index (χ1n) is 12.2. The normalized spacial score (nSPS) is 15.8. The van der Waals surface area contributed by atoms with Gasteiger partial charge in [-0.3, -0.25) is 0 Å². The summed E-state index contributed by atoms with van der Waals surface area (Å²) in [7, 11) is 0. The Hall–Kier alpha value is -3.42. The number of halogens is 1. The van der Waals surface area contributed by atoms with E-state index in [1.165, 1.54) is 12.1 Å². The molecule has 0 bridgehead atoms. The van der Waals surface area contributed by atoms with Crippen LogP contribution in [-0.4, -0.2) is 57.9 Å². The van der Waals surface area contributed by atoms with Gasteiger partial charge in [0, 0.05) is 25.7 Å². The van der Waals surface area contributed by atoms with E-state index in [1.54, 1.807) is 0 Å². The molecule has 1 unspecified atom stereocenters. The zero-order valence-electron chi connectivity index (χ0n) is 19.7. The van der Waals surface area contributed by atoms with E-state index >= 15 is 0 Å². The summed E-state index contributed by atoms with van der Waals surface area (Å²) < 4.78 is 21.2. The molecule has 4 aromatic rings. The molecule has 1 saturated heterocycles. The summed E-state index contributed by atoms with van der Waals surface area (Å²) in [5.74, 6) is 1.38. The molecule has 3 aromatic carbocycles. The number of nitrogens with one attached hydrogen (secondary N) is 1. The molecule has 0 radical (unpaired) electrons. The summed E-state index contributed by atoms with van der Waals surface area (Å²) in [6.07, 6.45) is 1.40. The van der Waals surface area contributed by atoms with E-state index in [0.29, 0.717) is 19.1 Å². The third-order valence-electron chi connectivity index (χ3n) is 6.48. The van der Waals surface area contributed by atoms with Gasteiger partial charge in [0.05, 0.1) is 17.6 Å². The summed E-state index contributed by atoms with van der Waals surface area (Å²) in [5.41, 5.74) is 3.02. The topological polar surface area (TPSA) is 62.6 Å². The molecule has 1 fully saturated rings. The van der Waals surface area contributed by atoms with Crippen LogP contribution in [0, 0.1) is 5.82 Å². The number of rotatable bonds is 9. The number of hydrogen-bond donors (Lipinski definition) is 2. The number of fused-ring (bicyclic) bond motifs is 1. The van der Waals surface area contributed by atoms with Crippen molar-refractivity contribution in [3.05, 3.63) is 90.2 Å². The van der Waals surface area contributed by atoms with Gasteiger partial charge in [-0.15, -0.1) is 0 Å². The Labute approximate surface area is 205 Å². The minimum atomic E-state index is -0.528. The molecule has 7 heteroatoms. The second-order valence-electron chi connectivity index (χ2n) is 9.13. The van der Waals surface area contributed by atoms with Crippen LogP contribution in [0.15, 0.2) is 78.9 Å². The lowest BCUT2D eigenvalue weighted by Crippen LogP contribution is -2.43. The predicted octanol–water partition coefficient (Wildman–Crippen LogP) is 4.54. The number of aliphatic hydroxyl groups excluding tert-OH is 1. The highest BCUT2D eigenvalue weighted by molar-refractivity contribution is 5.78. The number of β-amino-alcohol motifs (C(OH)–C–C–N with tert-alkyl or cyclic N) is 1. The molecule has 0 aliphatic carbocycles. The van der Waals surface area contributed by atoms with Crippen LogP contribution in [0.1, 0.15) is 18.4 Å². The maximum absolute atomic E-state index is 13.4. The van der Waals surface area contributed by atoms with Crippen LogP contribution in [0.4, 0.5) is 10.3 Å². The number of imidazole rings is 1. The molecule has 0 saturated carbocycles. The van der Waals surface area contributed by atoms with Gasteiger partial charge in [0.15, 0.2) is 0 Å². The summed E-state index contributed by atoms with van der Waals surface area (Å²) >= 11 is 0. The van der Waals surface area contributed by atoms with Crippen LogP contribution >= 0.6 is 0 Å². The molecule has 1 aliphatic rings. The Morgan fingerprint density at radius 3 is 2.46 bits per heavy atom. The van der Waals surface area contributed by atoms with Crippen LogP contribution in [0.2, 0.25) is 0 Å². The van der Waals surface area contributed by atoms with Crippen LogP contribution in [0.25, 0.3) is 11.0 Å². The van der Waals surface area contributed by atoms with Crippen LogP contribution < -0.4 is 10.1 Å². The fourth-order valence-corrected chi connectivity index (χ4v) is 4.62. The zero-order chi connectivity index (χ0) is 24.0. The number of anilines is 1. The SMILES string of the molecule is OC(COc1ccccc1)CN1CCC(Nc2nc3ccccc3n2Cc2ccc(F)cc2)CC1. The molecule has 182 valence electrons. The summed E-state index contributed by atoms with van der Waals surface area (Å²) in [6, 6.07) is 24.6. The van der Waals surface area contributed by atoms with Gasteiger partial charge in [-0.1, -0.05) is 42.5 Å². The minimum absolute atomic E-state index is 0.230. The average Bonchev–Trinajstić information content (AvgIpc) is 3.22. The molecule has 2 heterocycles. The van der Waals surface area contributed by atoms with Crippen molar-refractivity contribution in [3.63, 3.8) is 0 Å². The summed E-state index contributed by atoms with van der Waals surface area (Å²) in [5, 5.41) is 14.1. The Kier molecular flexibility index (Phi) is 7.25. The summed E-state index contributed by atoms with van der Waals surface area (Å²) in [4.78, 5) is 7.14. The minimum Gasteiger partial charge on any atom is -0.491 e. The first-order chi connectivity index (χ1) is 17.1. The Bertz CT molecular complexity index is 1220. The lowest BCUT2D eigenvalue weighted by Gasteiger charge is -2.33. The molecule has 1 atom stereocenters. The highest BCUT2D eigenvalue weighted by Crippen LogP contribution is 2.24. The van der Waals surface area contributed by atoms with Crippen LogP contribution in [0.5, 0.6) is 5.75 Å². The highest BCUT2D eigenvalue weighted by Gasteiger charge is 2.23. The third-order valence-corrected chi connectivity index (χ3v) is 6.48. The Morgan fingerprint density at radius 2 is 1.69 bits per heavy atom. The van der Waals surface area contributed by atoms with Crippen molar-refractivity contribution in [1.82, 2.24) is 14.5 Å². The lowest BCUT2D eigenvalue weighted by atomic mass is 10.0. The fourth-order valence-electron chi connectivity index (χ4n) is 4.62. The smallest absolute Gasteiger partial charge is 0.204 e. The molecule has 5 rings (SSSR count). The Balaban J connectivity index is 1.18. The molecule has 0 amide bonds. The van der Waals surface area contributed by atoms with Crippen molar-refractivity contribution in [2.45, 2.75) is 31.5 Å². The summed E-state index contributed by atoms with van der Waals surface area (Å²) in [6.45, 7) is 3.31. The molecule has 1 aliphatic heterocycles. The molecule has 35 heavy (non-hydrogen) atoms. The van der Waals surface area contributed by atoms with E-state index in [1.807, 2.05) is 60.7 Å². The van der Waals surface area contributed by atoms with Crippen LogP contribution in [0.3, 0.4) is 0 Å². The maximum Gasteiger partial charge on any atom is 0.204 e. The molecule has 2 N–H and O–H groups in total. The average molecular weight is 475 g/mol. The van der Waals surface area contributed by atoms with Gasteiger partial charge in [0.25, 0.3) is 0 Å². The van der Waals surface area contributed by atoms with Crippen molar-refractivity contribution in [2.75, 3.05) is 31.6 Å².